The van der Waals surface area contributed by atoms with Crippen molar-refractivity contribution in [1.82, 2.24) is 14.7 Å². The molecule has 0 spiro atoms. The van der Waals surface area contributed by atoms with Crippen LogP contribution in [0.4, 0.5) is 0 Å². The lowest BCUT2D eigenvalue weighted by Crippen LogP contribution is -2.50. The molecule has 1 aliphatic heterocycles. The Balaban J connectivity index is 1.92. The summed E-state index contributed by atoms with van der Waals surface area (Å²) < 4.78 is 7.01. The van der Waals surface area contributed by atoms with Crippen LogP contribution in [0.25, 0.3) is 0 Å². The van der Waals surface area contributed by atoms with Gasteiger partial charge in [0.05, 0.1) is 13.2 Å². The topological polar surface area (TPSA) is 67.6 Å². The van der Waals surface area contributed by atoms with Crippen LogP contribution in [0.5, 0.6) is 0 Å². The molecule has 0 radical (unpaired) electrons. The Hall–Kier alpha value is -1.40. The summed E-state index contributed by atoms with van der Waals surface area (Å²) in [6.45, 7) is 2.28. The van der Waals surface area contributed by atoms with E-state index in [0.29, 0.717) is 13.2 Å². The molecule has 0 bridgehead atoms. The monoisotopic (exact) mass is 239 g/mol. The molecule has 17 heavy (non-hydrogen) atoms. The first kappa shape index (κ1) is 12.1. The molecule has 1 aliphatic rings. The molecule has 6 nitrogen and oxygen atoms in total. The van der Waals surface area contributed by atoms with Gasteiger partial charge in [-0.3, -0.25) is 14.4 Å². The van der Waals surface area contributed by atoms with E-state index in [1.54, 1.807) is 6.20 Å². The number of rotatable bonds is 4. The van der Waals surface area contributed by atoms with Crippen molar-refractivity contribution in [3.63, 3.8) is 0 Å². The molecule has 1 atom stereocenters. The van der Waals surface area contributed by atoms with Crippen molar-refractivity contribution in [2.75, 3.05) is 26.3 Å². The number of carboxylic acids is 1. The number of aryl methyl sites for hydroxylation is 1. The number of carbonyl (C=O) groups is 1. The van der Waals surface area contributed by atoms with Crippen molar-refractivity contribution in [1.29, 1.82) is 0 Å². The number of carboxylic acid groups (broad SMARTS) is 1. The molecule has 2 heterocycles. The van der Waals surface area contributed by atoms with Crippen LogP contribution < -0.4 is 0 Å². The van der Waals surface area contributed by atoms with Crippen LogP contribution in [0.1, 0.15) is 5.69 Å². The van der Waals surface area contributed by atoms with E-state index in [0.717, 1.165) is 18.7 Å². The van der Waals surface area contributed by atoms with E-state index < -0.39 is 12.0 Å². The van der Waals surface area contributed by atoms with E-state index in [-0.39, 0.29) is 6.61 Å². The maximum atomic E-state index is 11.1. The van der Waals surface area contributed by atoms with Crippen molar-refractivity contribution in [3.05, 3.63) is 18.0 Å². The van der Waals surface area contributed by atoms with Gasteiger partial charge in [-0.2, -0.15) is 5.10 Å². The zero-order valence-electron chi connectivity index (χ0n) is 9.87. The van der Waals surface area contributed by atoms with Crippen molar-refractivity contribution in [3.8, 4) is 0 Å². The molecule has 0 saturated carbocycles. The molecular weight excluding hydrogens is 222 g/mol. The number of hydrogen-bond acceptors (Lipinski definition) is 4. The van der Waals surface area contributed by atoms with Crippen molar-refractivity contribution in [2.24, 2.45) is 7.05 Å². The zero-order chi connectivity index (χ0) is 12.3. The van der Waals surface area contributed by atoms with E-state index in [1.807, 2.05) is 22.7 Å². The Morgan fingerprint density at radius 2 is 2.53 bits per heavy atom. The quantitative estimate of drug-likeness (QED) is 0.784. The van der Waals surface area contributed by atoms with Gasteiger partial charge in [-0.05, 0) is 6.07 Å². The molecule has 0 amide bonds. The molecule has 1 N–H and O–H groups in total. The van der Waals surface area contributed by atoms with Crippen LogP contribution in [0.15, 0.2) is 12.3 Å². The third kappa shape index (κ3) is 2.83. The number of morpholine rings is 1. The van der Waals surface area contributed by atoms with E-state index in [4.69, 9.17) is 9.84 Å². The van der Waals surface area contributed by atoms with Gasteiger partial charge in [0.25, 0.3) is 0 Å². The molecule has 0 aliphatic carbocycles. The first-order valence-corrected chi connectivity index (χ1v) is 5.70. The lowest BCUT2D eigenvalue weighted by Gasteiger charge is -2.32. The lowest BCUT2D eigenvalue weighted by molar-refractivity contribution is -0.149. The van der Waals surface area contributed by atoms with Gasteiger partial charge >= 0.3 is 5.97 Å². The summed E-state index contributed by atoms with van der Waals surface area (Å²) in [6.07, 6.45) is 2.56. The first-order valence-electron chi connectivity index (χ1n) is 5.70. The fourth-order valence-electron chi connectivity index (χ4n) is 2.04. The Morgan fingerprint density at radius 3 is 3.18 bits per heavy atom. The summed E-state index contributed by atoms with van der Waals surface area (Å²) >= 11 is 0. The highest BCUT2D eigenvalue weighted by atomic mass is 16.5. The fourth-order valence-corrected chi connectivity index (χ4v) is 2.04. The number of aliphatic carboxylic acids is 1. The number of ether oxygens (including phenoxy) is 1. The molecular formula is C11H17N3O3. The standard InChI is InChI=1S/C11H17N3O3/c1-13-9(2-4-12-13)3-5-14-6-7-17-8-10(14)11(15)16/h2,4,10H,3,5-8H2,1H3,(H,15,16). The van der Waals surface area contributed by atoms with E-state index >= 15 is 0 Å². The van der Waals surface area contributed by atoms with Gasteiger partial charge < -0.3 is 9.84 Å². The van der Waals surface area contributed by atoms with E-state index in [9.17, 15) is 4.79 Å². The molecule has 1 fully saturated rings. The largest absolute Gasteiger partial charge is 0.480 e. The molecule has 1 aromatic rings. The van der Waals surface area contributed by atoms with Crippen LogP contribution in [-0.4, -0.2) is 58.1 Å². The molecule has 2 rings (SSSR count). The zero-order valence-corrected chi connectivity index (χ0v) is 9.87. The van der Waals surface area contributed by atoms with Crippen molar-refractivity contribution in [2.45, 2.75) is 12.5 Å². The summed E-state index contributed by atoms with van der Waals surface area (Å²) in [5, 5.41) is 13.2. The predicted molar refractivity (Wildman–Crippen MR) is 60.7 cm³/mol. The summed E-state index contributed by atoms with van der Waals surface area (Å²) in [7, 11) is 1.89. The van der Waals surface area contributed by atoms with Crippen molar-refractivity contribution < 1.29 is 14.6 Å². The number of hydrogen-bond donors (Lipinski definition) is 1. The van der Waals surface area contributed by atoms with Gasteiger partial charge in [-0.15, -0.1) is 0 Å². The second kappa shape index (κ2) is 5.29. The SMILES string of the molecule is Cn1nccc1CCN1CCOCC1C(=O)O. The minimum Gasteiger partial charge on any atom is -0.480 e. The summed E-state index contributed by atoms with van der Waals surface area (Å²) in [5.74, 6) is -0.810. The maximum absolute atomic E-state index is 11.1. The minimum absolute atomic E-state index is 0.278. The van der Waals surface area contributed by atoms with Gasteiger partial charge in [-0.1, -0.05) is 0 Å². The Bertz CT molecular complexity index is 391. The molecule has 0 aromatic carbocycles. The Labute approximate surface area is 99.8 Å². The number of aromatic nitrogens is 2. The van der Waals surface area contributed by atoms with Crippen LogP contribution in [0.2, 0.25) is 0 Å². The van der Waals surface area contributed by atoms with Gasteiger partial charge in [0.15, 0.2) is 0 Å². The third-order valence-corrected chi connectivity index (χ3v) is 3.10. The molecule has 1 unspecified atom stereocenters. The average Bonchev–Trinajstić information content (AvgIpc) is 2.72. The van der Waals surface area contributed by atoms with Gasteiger partial charge in [0, 0.05) is 38.4 Å². The minimum atomic E-state index is -0.810. The summed E-state index contributed by atoms with van der Waals surface area (Å²) in [5.41, 5.74) is 1.11. The van der Waals surface area contributed by atoms with Crippen LogP contribution in [0.3, 0.4) is 0 Å². The third-order valence-electron chi connectivity index (χ3n) is 3.10. The van der Waals surface area contributed by atoms with E-state index in [1.165, 1.54) is 0 Å². The van der Waals surface area contributed by atoms with Gasteiger partial charge in [-0.25, -0.2) is 0 Å². The average molecular weight is 239 g/mol. The van der Waals surface area contributed by atoms with Crippen LogP contribution >= 0.6 is 0 Å². The van der Waals surface area contributed by atoms with Gasteiger partial charge in [0.2, 0.25) is 0 Å². The second-order valence-electron chi connectivity index (χ2n) is 4.16. The van der Waals surface area contributed by atoms with Gasteiger partial charge in [0.1, 0.15) is 6.04 Å². The molecule has 1 aromatic heterocycles. The van der Waals surface area contributed by atoms with Crippen LogP contribution in [0, 0.1) is 0 Å². The maximum Gasteiger partial charge on any atom is 0.323 e. The van der Waals surface area contributed by atoms with Crippen molar-refractivity contribution >= 4 is 5.97 Å². The molecule has 94 valence electrons. The number of nitrogens with zero attached hydrogens (tertiary/aromatic N) is 3. The summed E-state index contributed by atoms with van der Waals surface area (Å²) in [4.78, 5) is 13.0. The summed E-state index contributed by atoms with van der Waals surface area (Å²) in [6, 6.07) is 1.44. The Kier molecular flexibility index (Phi) is 3.75. The molecule has 1 saturated heterocycles. The second-order valence-corrected chi connectivity index (χ2v) is 4.16. The normalized spacial score (nSPS) is 21.6. The molecule has 6 heteroatoms. The first-order chi connectivity index (χ1) is 8.18. The highest BCUT2D eigenvalue weighted by Gasteiger charge is 2.28. The highest BCUT2D eigenvalue weighted by Crippen LogP contribution is 2.09. The predicted octanol–water partition coefficient (Wildman–Crippen LogP) is -0.252. The fraction of sp³-hybridized carbons (Fsp3) is 0.636. The Morgan fingerprint density at radius 1 is 1.71 bits per heavy atom. The highest BCUT2D eigenvalue weighted by molar-refractivity contribution is 5.73. The van der Waals surface area contributed by atoms with Crippen LogP contribution in [-0.2, 0) is 23.0 Å². The van der Waals surface area contributed by atoms with E-state index in [2.05, 4.69) is 5.10 Å². The lowest BCUT2D eigenvalue weighted by atomic mass is 10.2. The smallest absolute Gasteiger partial charge is 0.323 e.